The summed E-state index contributed by atoms with van der Waals surface area (Å²) < 4.78 is 27.6. The molecule has 0 bridgehead atoms. The van der Waals surface area contributed by atoms with Crippen molar-refractivity contribution in [2.45, 2.75) is 18.2 Å². The van der Waals surface area contributed by atoms with Crippen LogP contribution in [0.5, 0.6) is 0 Å². The molecule has 0 aliphatic heterocycles. The van der Waals surface area contributed by atoms with Crippen molar-refractivity contribution < 1.29 is 13.2 Å². The molecule has 0 fully saturated rings. The van der Waals surface area contributed by atoms with Gasteiger partial charge in [0.25, 0.3) is 15.9 Å². The fourth-order valence-corrected chi connectivity index (χ4v) is 3.84. The zero-order valence-corrected chi connectivity index (χ0v) is 15.2. The lowest BCUT2D eigenvalue weighted by atomic mass is 10.1. The highest BCUT2D eigenvalue weighted by atomic mass is 35.5. The highest BCUT2D eigenvalue weighted by Gasteiger charge is 2.22. The number of amides is 1. The van der Waals surface area contributed by atoms with Crippen molar-refractivity contribution in [3.8, 4) is 0 Å². The van der Waals surface area contributed by atoms with Gasteiger partial charge in [-0.05, 0) is 30.7 Å². The molecule has 0 unspecified atom stereocenters. The molecule has 2 aromatic carbocycles. The number of rotatable bonds is 6. The molecule has 0 saturated carbocycles. The van der Waals surface area contributed by atoms with Gasteiger partial charge in [-0.15, -0.1) is 0 Å². The Balaban J connectivity index is 2.37. The lowest BCUT2D eigenvalue weighted by molar-refractivity contribution is 0.0954. The second-order valence-corrected chi connectivity index (χ2v) is 7.39. The van der Waals surface area contributed by atoms with E-state index in [0.717, 1.165) is 6.42 Å². The van der Waals surface area contributed by atoms with E-state index in [1.54, 1.807) is 18.2 Å². The SMILES string of the molecule is CCCNC(=O)c1ccccc1NS(=O)(=O)c1cccc(Cl)c1Cl. The van der Waals surface area contributed by atoms with Crippen LogP contribution in [-0.2, 0) is 10.0 Å². The van der Waals surface area contributed by atoms with Crippen LogP contribution in [0.3, 0.4) is 0 Å². The Labute approximate surface area is 151 Å². The zero-order valence-electron chi connectivity index (χ0n) is 12.8. The van der Waals surface area contributed by atoms with Gasteiger partial charge in [0.1, 0.15) is 4.90 Å². The highest BCUT2D eigenvalue weighted by Crippen LogP contribution is 2.30. The van der Waals surface area contributed by atoms with E-state index in [4.69, 9.17) is 23.2 Å². The summed E-state index contributed by atoms with van der Waals surface area (Å²) in [6.07, 6.45) is 0.776. The number of carbonyl (C=O) groups excluding carboxylic acids is 1. The molecule has 0 aliphatic rings. The second-order valence-electron chi connectivity index (χ2n) is 4.96. The largest absolute Gasteiger partial charge is 0.352 e. The van der Waals surface area contributed by atoms with E-state index in [-0.39, 0.29) is 32.1 Å². The van der Waals surface area contributed by atoms with Crippen LogP contribution < -0.4 is 10.0 Å². The Morgan fingerprint density at radius 2 is 1.79 bits per heavy atom. The Hall–Kier alpha value is -1.76. The number of hydrogen-bond donors (Lipinski definition) is 2. The second kappa shape index (κ2) is 7.88. The van der Waals surface area contributed by atoms with E-state index in [2.05, 4.69) is 10.0 Å². The minimum Gasteiger partial charge on any atom is -0.352 e. The molecular weight excluding hydrogens is 371 g/mol. The van der Waals surface area contributed by atoms with Crippen LogP contribution in [0.2, 0.25) is 10.0 Å². The number of carbonyl (C=O) groups is 1. The molecule has 0 atom stereocenters. The Morgan fingerprint density at radius 3 is 2.50 bits per heavy atom. The molecule has 2 N–H and O–H groups in total. The summed E-state index contributed by atoms with van der Waals surface area (Å²) in [6, 6.07) is 10.7. The minimum absolute atomic E-state index is 0.0698. The third kappa shape index (κ3) is 4.20. The summed E-state index contributed by atoms with van der Waals surface area (Å²) in [6.45, 7) is 2.43. The van der Waals surface area contributed by atoms with Crippen molar-refractivity contribution in [2.75, 3.05) is 11.3 Å². The maximum atomic E-state index is 12.6. The van der Waals surface area contributed by atoms with Crippen molar-refractivity contribution >= 4 is 44.8 Å². The fraction of sp³-hybridized carbons (Fsp3) is 0.188. The van der Waals surface area contributed by atoms with Gasteiger partial charge >= 0.3 is 0 Å². The Bertz CT molecular complexity index is 854. The lowest BCUT2D eigenvalue weighted by Crippen LogP contribution is -2.25. The van der Waals surface area contributed by atoms with Crippen LogP contribution >= 0.6 is 23.2 Å². The van der Waals surface area contributed by atoms with Crippen molar-refractivity contribution in [1.29, 1.82) is 0 Å². The predicted octanol–water partition coefficient (Wildman–Crippen LogP) is 3.93. The van der Waals surface area contributed by atoms with Crippen molar-refractivity contribution in [1.82, 2.24) is 5.32 Å². The van der Waals surface area contributed by atoms with Gasteiger partial charge in [0, 0.05) is 6.54 Å². The van der Waals surface area contributed by atoms with Crippen LogP contribution in [0, 0.1) is 0 Å². The van der Waals surface area contributed by atoms with E-state index in [9.17, 15) is 13.2 Å². The van der Waals surface area contributed by atoms with Gasteiger partial charge in [-0.3, -0.25) is 9.52 Å². The molecule has 24 heavy (non-hydrogen) atoms. The third-order valence-corrected chi connectivity index (χ3v) is 5.50. The van der Waals surface area contributed by atoms with Crippen LogP contribution in [0.15, 0.2) is 47.4 Å². The maximum absolute atomic E-state index is 12.6. The molecule has 128 valence electrons. The third-order valence-electron chi connectivity index (χ3n) is 3.16. The molecule has 8 heteroatoms. The molecule has 0 spiro atoms. The monoisotopic (exact) mass is 386 g/mol. The molecule has 2 rings (SSSR count). The number of halogens is 2. The summed E-state index contributed by atoms with van der Waals surface area (Å²) in [5.41, 5.74) is 0.398. The van der Waals surface area contributed by atoms with E-state index in [1.165, 1.54) is 24.3 Å². The molecule has 0 saturated heterocycles. The highest BCUT2D eigenvalue weighted by molar-refractivity contribution is 7.92. The van der Waals surface area contributed by atoms with Gasteiger partial charge in [-0.1, -0.05) is 48.3 Å². The number of hydrogen-bond acceptors (Lipinski definition) is 3. The zero-order chi connectivity index (χ0) is 17.7. The first kappa shape index (κ1) is 18.6. The molecule has 0 heterocycles. The van der Waals surface area contributed by atoms with Crippen LogP contribution in [0.4, 0.5) is 5.69 Å². The Morgan fingerprint density at radius 1 is 1.08 bits per heavy atom. The molecular formula is C16H16Cl2N2O3S. The quantitative estimate of drug-likeness (QED) is 0.789. The van der Waals surface area contributed by atoms with E-state index in [1.807, 2.05) is 6.92 Å². The van der Waals surface area contributed by atoms with E-state index >= 15 is 0 Å². The van der Waals surface area contributed by atoms with E-state index < -0.39 is 10.0 Å². The van der Waals surface area contributed by atoms with Gasteiger partial charge in [0.05, 0.1) is 21.3 Å². The number of sulfonamides is 1. The maximum Gasteiger partial charge on any atom is 0.263 e. The van der Waals surface area contributed by atoms with Gasteiger partial charge in [0.2, 0.25) is 0 Å². The standard InChI is InChI=1S/C16H16Cl2N2O3S/c1-2-10-19-16(21)11-6-3-4-8-13(11)20-24(22,23)14-9-5-7-12(17)15(14)18/h3-9,20H,2,10H2,1H3,(H,19,21). The molecule has 0 radical (unpaired) electrons. The minimum atomic E-state index is -3.99. The number of para-hydroxylation sites is 1. The Kier molecular flexibility index (Phi) is 6.10. The molecule has 1 amide bonds. The fourth-order valence-electron chi connectivity index (χ4n) is 2.00. The summed E-state index contributed by atoms with van der Waals surface area (Å²) in [4.78, 5) is 12.0. The van der Waals surface area contributed by atoms with Gasteiger partial charge in [-0.2, -0.15) is 0 Å². The average molecular weight is 387 g/mol. The lowest BCUT2D eigenvalue weighted by Gasteiger charge is -2.13. The normalized spacial score (nSPS) is 11.1. The van der Waals surface area contributed by atoms with Gasteiger partial charge in [0.15, 0.2) is 0 Å². The summed E-state index contributed by atoms with van der Waals surface area (Å²) in [5, 5.41) is 2.78. The van der Waals surface area contributed by atoms with E-state index in [0.29, 0.717) is 6.54 Å². The van der Waals surface area contributed by atoms with Crippen molar-refractivity contribution in [3.63, 3.8) is 0 Å². The summed E-state index contributed by atoms with van der Waals surface area (Å²) in [5.74, 6) is -0.354. The van der Waals surface area contributed by atoms with Crippen molar-refractivity contribution in [3.05, 3.63) is 58.1 Å². The van der Waals surface area contributed by atoms with Gasteiger partial charge < -0.3 is 5.32 Å². The summed E-state index contributed by atoms with van der Waals surface area (Å²) in [7, 11) is -3.99. The topological polar surface area (TPSA) is 75.3 Å². The van der Waals surface area contributed by atoms with Crippen molar-refractivity contribution in [2.24, 2.45) is 0 Å². The predicted molar refractivity (Wildman–Crippen MR) is 96.3 cm³/mol. The number of anilines is 1. The first-order valence-corrected chi connectivity index (χ1v) is 9.44. The molecule has 0 aromatic heterocycles. The smallest absolute Gasteiger partial charge is 0.263 e. The average Bonchev–Trinajstić information content (AvgIpc) is 2.55. The van der Waals surface area contributed by atoms with Crippen LogP contribution in [-0.4, -0.2) is 20.9 Å². The summed E-state index contributed by atoms with van der Waals surface area (Å²) >= 11 is 11.9. The number of nitrogens with one attached hydrogen (secondary N) is 2. The van der Waals surface area contributed by atoms with Crippen LogP contribution in [0.25, 0.3) is 0 Å². The first-order valence-electron chi connectivity index (χ1n) is 7.21. The molecule has 5 nitrogen and oxygen atoms in total. The van der Waals surface area contributed by atoms with Gasteiger partial charge in [-0.25, -0.2) is 8.42 Å². The molecule has 0 aliphatic carbocycles. The first-order chi connectivity index (χ1) is 11.4. The molecule has 2 aromatic rings. The number of benzene rings is 2. The van der Waals surface area contributed by atoms with Crippen LogP contribution in [0.1, 0.15) is 23.7 Å².